The highest BCUT2D eigenvalue weighted by molar-refractivity contribution is 5.52. The first-order chi connectivity index (χ1) is 7.89. The third-order valence-corrected chi connectivity index (χ3v) is 4.10. The molecule has 0 amide bonds. The van der Waals surface area contributed by atoms with Gasteiger partial charge in [0, 0.05) is 0 Å². The lowest BCUT2D eigenvalue weighted by Gasteiger charge is -2.41. The maximum absolute atomic E-state index is 10.1. The number of fused-ring (bicyclic) bond motifs is 1. The minimum absolute atomic E-state index is 0.00796. The molecule has 0 aromatic carbocycles. The maximum Gasteiger partial charge on any atom is 0.121 e. The summed E-state index contributed by atoms with van der Waals surface area (Å²) in [6.07, 6.45) is 3.81. The number of ether oxygens (including phenoxy) is 1. The molecule has 93 valence electrons. The first-order valence-electron chi connectivity index (χ1n) is 6.14. The van der Waals surface area contributed by atoms with Gasteiger partial charge in [-0.15, -0.1) is 0 Å². The molecular weight excluding hydrogens is 212 g/mol. The Morgan fingerprint density at radius 1 is 1.41 bits per heavy atom. The molecule has 1 radical (unpaired) electrons. The summed E-state index contributed by atoms with van der Waals surface area (Å²) >= 11 is 0. The molecule has 2 heteroatoms. The number of aliphatic hydroxyl groups excluding tert-OH is 1. The molecular formula is C15H21O2. The Bertz CT molecular complexity index is 440. The summed E-state index contributed by atoms with van der Waals surface area (Å²) in [5.41, 5.74) is 3.94. The zero-order chi connectivity index (χ0) is 12.8. The molecule has 1 aliphatic carbocycles. The molecule has 0 fully saturated rings. The van der Waals surface area contributed by atoms with Crippen molar-refractivity contribution >= 4 is 0 Å². The average Bonchev–Trinajstić information content (AvgIpc) is 2.33. The van der Waals surface area contributed by atoms with Crippen molar-refractivity contribution in [1.29, 1.82) is 0 Å². The summed E-state index contributed by atoms with van der Waals surface area (Å²) in [6, 6.07) is 0. The monoisotopic (exact) mass is 233 g/mol. The van der Waals surface area contributed by atoms with Crippen LogP contribution in [0.25, 0.3) is 0 Å². The maximum atomic E-state index is 10.1. The second-order valence-electron chi connectivity index (χ2n) is 5.34. The van der Waals surface area contributed by atoms with Gasteiger partial charge in [0.25, 0.3) is 0 Å². The van der Waals surface area contributed by atoms with Gasteiger partial charge >= 0.3 is 0 Å². The molecule has 0 aromatic rings. The van der Waals surface area contributed by atoms with Crippen LogP contribution in [-0.4, -0.2) is 16.8 Å². The fourth-order valence-electron chi connectivity index (χ4n) is 2.46. The van der Waals surface area contributed by atoms with Crippen LogP contribution < -0.4 is 0 Å². The zero-order valence-electron chi connectivity index (χ0n) is 11.1. The number of rotatable bonds is 1. The van der Waals surface area contributed by atoms with Crippen LogP contribution in [0.4, 0.5) is 0 Å². The SMILES string of the molecule is [CH2]CC1(C)CC=C2C(C)=C(O)C(C)=C(C)C2O1. The van der Waals surface area contributed by atoms with Gasteiger partial charge in [0.05, 0.1) is 5.60 Å². The molecule has 0 spiro atoms. The molecule has 17 heavy (non-hydrogen) atoms. The van der Waals surface area contributed by atoms with Gasteiger partial charge in [0.2, 0.25) is 0 Å². The smallest absolute Gasteiger partial charge is 0.121 e. The standard InChI is InChI=1S/C15H21O2/c1-6-15(5)8-7-12-11(4)13(16)9(2)10(3)14(12)17-15/h7,14,16H,1,6,8H2,2-5H3. The van der Waals surface area contributed by atoms with E-state index in [9.17, 15) is 5.11 Å². The fraction of sp³-hybridized carbons (Fsp3) is 0.533. The van der Waals surface area contributed by atoms with Gasteiger partial charge in [-0.2, -0.15) is 0 Å². The van der Waals surface area contributed by atoms with Crippen LogP contribution in [0.2, 0.25) is 0 Å². The molecule has 0 aromatic heterocycles. The Balaban J connectivity index is 2.48. The van der Waals surface area contributed by atoms with Crippen molar-refractivity contribution in [3.63, 3.8) is 0 Å². The van der Waals surface area contributed by atoms with Crippen LogP contribution in [0.1, 0.15) is 40.5 Å². The molecule has 0 saturated heterocycles. The van der Waals surface area contributed by atoms with Crippen molar-refractivity contribution in [2.45, 2.75) is 52.2 Å². The highest BCUT2D eigenvalue weighted by Gasteiger charge is 2.37. The molecule has 0 saturated carbocycles. The quantitative estimate of drug-likeness (QED) is 0.745. The van der Waals surface area contributed by atoms with E-state index in [0.717, 1.165) is 35.1 Å². The second-order valence-corrected chi connectivity index (χ2v) is 5.34. The van der Waals surface area contributed by atoms with E-state index in [1.165, 1.54) is 0 Å². The van der Waals surface area contributed by atoms with Crippen molar-refractivity contribution in [2.24, 2.45) is 0 Å². The van der Waals surface area contributed by atoms with Gasteiger partial charge in [-0.05, 0) is 62.8 Å². The Kier molecular flexibility index (Phi) is 2.94. The molecule has 2 unspecified atom stereocenters. The summed E-state index contributed by atoms with van der Waals surface area (Å²) in [4.78, 5) is 0. The Labute approximate surface area is 104 Å². The zero-order valence-corrected chi connectivity index (χ0v) is 11.1. The number of hydrogen-bond donors (Lipinski definition) is 1. The topological polar surface area (TPSA) is 29.5 Å². The lowest BCUT2D eigenvalue weighted by molar-refractivity contribution is -0.0596. The molecule has 1 aliphatic heterocycles. The van der Waals surface area contributed by atoms with Crippen LogP contribution in [0, 0.1) is 6.92 Å². The largest absolute Gasteiger partial charge is 0.507 e. The van der Waals surface area contributed by atoms with Gasteiger partial charge in [-0.3, -0.25) is 0 Å². The molecule has 1 N–H and O–H groups in total. The summed E-state index contributed by atoms with van der Waals surface area (Å²) < 4.78 is 6.19. The summed E-state index contributed by atoms with van der Waals surface area (Å²) in [5, 5.41) is 10.1. The summed E-state index contributed by atoms with van der Waals surface area (Å²) in [6.45, 7) is 12.0. The first-order valence-corrected chi connectivity index (χ1v) is 6.14. The lowest BCUT2D eigenvalue weighted by atomic mass is 9.81. The van der Waals surface area contributed by atoms with Crippen LogP contribution in [0.3, 0.4) is 0 Å². The van der Waals surface area contributed by atoms with Crippen LogP contribution in [-0.2, 0) is 4.74 Å². The molecule has 2 atom stereocenters. The Morgan fingerprint density at radius 2 is 2.06 bits per heavy atom. The van der Waals surface area contributed by atoms with E-state index in [4.69, 9.17) is 4.74 Å². The molecule has 2 nitrogen and oxygen atoms in total. The number of hydrogen-bond acceptors (Lipinski definition) is 2. The van der Waals surface area contributed by atoms with E-state index < -0.39 is 0 Å². The molecule has 2 rings (SSSR count). The first kappa shape index (κ1) is 12.4. The van der Waals surface area contributed by atoms with Gasteiger partial charge in [0.1, 0.15) is 11.9 Å². The van der Waals surface area contributed by atoms with Gasteiger partial charge in [-0.25, -0.2) is 0 Å². The third-order valence-electron chi connectivity index (χ3n) is 4.10. The van der Waals surface area contributed by atoms with E-state index in [2.05, 4.69) is 19.9 Å². The molecule has 1 heterocycles. The van der Waals surface area contributed by atoms with E-state index in [0.29, 0.717) is 5.76 Å². The van der Waals surface area contributed by atoms with E-state index in [1.54, 1.807) is 0 Å². The van der Waals surface area contributed by atoms with E-state index >= 15 is 0 Å². The molecule has 0 bridgehead atoms. The Morgan fingerprint density at radius 3 is 2.65 bits per heavy atom. The van der Waals surface area contributed by atoms with Crippen LogP contribution in [0.15, 0.2) is 34.1 Å². The second kappa shape index (κ2) is 4.02. The molecule has 2 aliphatic rings. The van der Waals surface area contributed by atoms with Crippen molar-refractivity contribution in [1.82, 2.24) is 0 Å². The van der Waals surface area contributed by atoms with Crippen LogP contribution >= 0.6 is 0 Å². The van der Waals surface area contributed by atoms with Crippen molar-refractivity contribution in [3.05, 3.63) is 41.1 Å². The number of aliphatic hydroxyl groups is 1. The van der Waals surface area contributed by atoms with Gasteiger partial charge < -0.3 is 9.84 Å². The normalized spacial score (nSPS) is 33.7. The van der Waals surface area contributed by atoms with Gasteiger partial charge in [-0.1, -0.05) is 13.0 Å². The fourth-order valence-corrected chi connectivity index (χ4v) is 2.46. The average molecular weight is 233 g/mol. The third kappa shape index (κ3) is 1.85. The van der Waals surface area contributed by atoms with Crippen molar-refractivity contribution < 1.29 is 9.84 Å². The minimum atomic E-state index is -0.178. The van der Waals surface area contributed by atoms with Crippen molar-refractivity contribution in [3.8, 4) is 0 Å². The highest BCUT2D eigenvalue weighted by atomic mass is 16.5. The predicted molar refractivity (Wildman–Crippen MR) is 69.7 cm³/mol. The predicted octanol–water partition coefficient (Wildman–Crippen LogP) is 3.87. The van der Waals surface area contributed by atoms with Crippen molar-refractivity contribution in [2.75, 3.05) is 0 Å². The Hall–Kier alpha value is -1.02. The van der Waals surface area contributed by atoms with Gasteiger partial charge in [0.15, 0.2) is 0 Å². The highest BCUT2D eigenvalue weighted by Crippen LogP contribution is 2.41. The summed E-state index contributed by atoms with van der Waals surface area (Å²) in [5.74, 6) is 0.409. The van der Waals surface area contributed by atoms with Crippen LogP contribution in [0.5, 0.6) is 0 Å². The lowest BCUT2D eigenvalue weighted by Crippen LogP contribution is -2.39. The van der Waals surface area contributed by atoms with E-state index in [-0.39, 0.29) is 11.7 Å². The van der Waals surface area contributed by atoms with E-state index in [1.807, 2.05) is 20.8 Å². The minimum Gasteiger partial charge on any atom is -0.507 e. The number of allylic oxidation sites excluding steroid dienone is 1. The summed E-state index contributed by atoms with van der Waals surface area (Å²) in [7, 11) is 0.